The van der Waals surface area contributed by atoms with E-state index in [1.807, 2.05) is 0 Å². The zero-order valence-electron chi connectivity index (χ0n) is 7.84. The molecule has 0 saturated heterocycles. The zero-order chi connectivity index (χ0) is 10.6. The molecule has 80 valence electrons. The Hall–Kier alpha value is -0.990. The molecule has 3 N–H and O–H groups in total. The van der Waals surface area contributed by atoms with Gasteiger partial charge in [-0.3, -0.25) is 4.68 Å². The second-order valence-electron chi connectivity index (χ2n) is 2.76. The van der Waals surface area contributed by atoms with E-state index < -0.39 is 10.0 Å². The van der Waals surface area contributed by atoms with Crippen LogP contribution in [0.1, 0.15) is 5.82 Å². The molecule has 0 aromatic carbocycles. The molecule has 0 bridgehead atoms. The van der Waals surface area contributed by atoms with E-state index in [9.17, 15) is 8.42 Å². The first-order valence-electron chi connectivity index (χ1n) is 4.05. The van der Waals surface area contributed by atoms with E-state index in [1.165, 1.54) is 11.0 Å². The molecule has 0 spiro atoms. The van der Waals surface area contributed by atoms with Gasteiger partial charge in [0.05, 0.1) is 12.3 Å². The van der Waals surface area contributed by atoms with E-state index in [2.05, 4.69) is 14.8 Å². The molecule has 0 aliphatic rings. The summed E-state index contributed by atoms with van der Waals surface area (Å²) in [4.78, 5) is 3.87. The summed E-state index contributed by atoms with van der Waals surface area (Å²) in [5, 5.41) is 3.92. The Balaban J connectivity index is 2.48. The summed E-state index contributed by atoms with van der Waals surface area (Å²) in [5.41, 5.74) is 5.13. The second-order valence-corrected chi connectivity index (χ2v) is 4.69. The third-order valence-corrected chi connectivity index (χ3v) is 2.84. The normalized spacial score (nSPS) is 11.9. The molecule has 0 unspecified atom stereocenters. The zero-order valence-corrected chi connectivity index (χ0v) is 8.66. The third-order valence-electron chi connectivity index (χ3n) is 1.48. The number of rotatable bonds is 5. The molecule has 0 radical (unpaired) electrons. The van der Waals surface area contributed by atoms with Crippen LogP contribution in [0.15, 0.2) is 6.33 Å². The van der Waals surface area contributed by atoms with Gasteiger partial charge in [0.1, 0.15) is 6.33 Å². The Morgan fingerprint density at radius 3 is 2.86 bits per heavy atom. The molecule has 7 nitrogen and oxygen atoms in total. The molecule has 0 fully saturated rings. The van der Waals surface area contributed by atoms with Gasteiger partial charge in [-0.25, -0.2) is 18.1 Å². The fraction of sp³-hybridized carbons (Fsp3) is 0.667. The summed E-state index contributed by atoms with van der Waals surface area (Å²) in [6.45, 7) is 0.203. The molecular weight excluding hydrogens is 206 g/mol. The first-order chi connectivity index (χ1) is 6.53. The molecule has 8 heteroatoms. The van der Waals surface area contributed by atoms with Crippen molar-refractivity contribution in [3.63, 3.8) is 0 Å². The minimum Gasteiger partial charge on any atom is -0.329 e. The second kappa shape index (κ2) is 4.49. The van der Waals surface area contributed by atoms with Crippen LogP contribution in [-0.4, -0.2) is 35.5 Å². The van der Waals surface area contributed by atoms with Crippen molar-refractivity contribution >= 4 is 10.0 Å². The van der Waals surface area contributed by atoms with E-state index >= 15 is 0 Å². The van der Waals surface area contributed by atoms with Gasteiger partial charge in [-0.05, 0) is 0 Å². The third kappa shape index (κ3) is 3.40. The van der Waals surface area contributed by atoms with Crippen molar-refractivity contribution < 1.29 is 8.42 Å². The Morgan fingerprint density at radius 2 is 2.36 bits per heavy atom. The highest BCUT2D eigenvalue weighted by Crippen LogP contribution is 1.90. The monoisotopic (exact) mass is 219 g/mol. The van der Waals surface area contributed by atoms with Crippen molar-refractivity contribution in [2.24, 2.45) is 12.8 Å². The number of aromatic nitrogens is 3. The van der Waals surface area contributed by atoms with E-state index in [1.54, 1.807) is 7.05 Å². The van der Waals surface area contributed by atoms with Gasteiger partial charge in [-0.15, -0.1) is 0 Å². The van der Waals surface area contributed by atoms with Crippen LogP contribution in [0.3, 0.4) is 0 Å². The minimum atomic E-state index is -3.28. The molecule has 0 atom stereocenters. The number of sulfonamides is 1. The highest BCUT2D eigenvalue weighted by molar-refractivity contribution is 7.89. The van der Waals surface area contributed by atoms with Crippen LogP contribution < -0.4 is 10.5 Å². The van der Waals surface area contributed by atoms with E-state index in [4.69, 9.17) is 5.73 Å². The van der Waals surface area contributed by atoms with Crippen LogP contribution in [0.25, 0.3) is 0 Å². The summed E-state index contributed by atoms with van der Waals surface area (Å²) in [6, 6.07) is 0. The summed E-state index contributed by atoms with van der Waals surface area (Å²) in [6.07, 6.45) is 1.51. The Kier molecular flexibility index (Phi) is 3.55. The Morgan fingerprint density at radius 1 is 1.64 bits per heavy atom. The van der Waals surface area contributed by atoms with Gasteiger partial charge >= 0.3 is 0 Å². The van der Waals surface area contributed by atoms with Gasteiger partial charge in [-0.1, -0.05) is 0 Å². The van der Waals surface area contributed by atoms with Crippen molar-refractivity contribution in [2.45, 2.75) is 6.54 Å². The molecule has 1 heterocycles. The lowest BCUT2D eigenvalue weighted by molar-refractivity contribution is 0.578. The SMILES string of the molecule is Cn1cnc(CNS(=O)(=O)CCN)n1. The van der Waals surface area contributed by atoms with Crippen LogP contribution in [-0.2, 0) is 23.6 Å². The topological polar surface area (TPSA) is 103 Å². The maximum Gasteiger partial charge on any atom is 0.213 e. The molecule has 0 saturated carbocycles. The van der Waals surface area contributed by atoms with Gasteiger partial charge in [0, 0.05) is 13.6 Å². The van der Waals surface area contributed by atoms with E-state index in [-0.39, 0.29) is 18.8 Å². The number of nitrogens with zero attached hydrogens (tertiary/aromatic N) is 3. The molecule has 1 aromatic heterocycles. The lowest BCUT2D eigenvalue weighted by Crippen LogP contribution is -2.29. The van der Waals surface area contributed by atoms with Gasteiger partial charge < -0.3 is 5.73 Å². The van der Waals surface area contributed by atoms with Crippen LogP contribution in [0.2, 0.25) is 0 Å². The van der Waals surface area contributed by atoms with Gasteiger partial charge in [0.2, 0.25) is 10.0 Å². The molecule has 0 amide bonds. The lowest BCUT2D eigenvalue weighted by Gasteiger charge is -2.01. The first-order valence-corrected chi connectivity index (χ1v) is 5.70. The first kappa shape index (κ1) is 11.1. The molecule has 0 aliphatic carbocycles. The largest absolute Gasteiger partial charge is 0.329 e. The van der Waals surface area contributed by atoms with Gasteiger partial charge in [-0.2, -0.15) is 5.10 Å². The average Bonchev–Trinajstić information content (AvgIpc) is 2.48. The fourth-order valence-corrected chi connectivity index (χ4v) is 1.67. The highest BCUT2D eigenvalue weighted by atomic mass is 32.2. The van der Waals surface area contributed by atoms with Crippen LogP contribution in [0.4, 0.5) is 0 Å². The van der Waals surface area contributed by atoms with Crippen molar-refractivity contribution in [3.8, 4) is 0 Å². The number of hydrogen-bond donors (Lipinski definition) is 2. The van der Waals surface area contributed by atoms with Crippen molar-refractivity contribution in [1.82, 2.24) is 19.5 Å². The van der Waals surface area contributed by atoms with Crippen molar-refractivity contribution in [1.29, 1.82) is 0 Å². The van der Waals surface area contributed by atoms with Crippen LogP contribution >= 0.6 is 0 Å². The molecule has 0 aliphatic heterocycles. The lowest BCUT2D eigenvalue weighted by atomic mass is 10.6. The van der Waals surface area contributed by atoms with E-state index in [0.717, 1.165) is 0 Å². The predicted molar refractivity (Wildman–Crippen MR) is 50.7 cm³/mol. The number of nitrogens with one attached hydrogen (secondary N) is 1. The smallest absolute Gasteiger partial charge is 0.213 e. The van der Waals surface area contributed by atoms with Crippen LogP contribution in [0, 0.1) is 0 Å². The molecule has 1 aromatic rings. The van der Waals surface area contributed by atoms with Crippen molar-refractivity contribution in [2.75, 3.05) is 12.3 Å². The molecular formula is C6H13N5O2S. The number of hydrogen-bond acceptors (Lipinski definition) is 5. The predicted octanol–water partition coefficient (Wildman–Crippen LogP) is -1.81. The summed E-state index contributed by atoms with van der Waals surface area (Å²) >= 11 is 0. The van der Waals surface area contributed by atoms with Crippen molar-refractivity contribution in [3.05, 3.63) is 12.2 Å². The molecule has 14 heavy (non-hydrogen) atoms. The highest BCUT2D eigenvalue weighted by Gasteiger charge is 2.09. The maximum atomic E-state index is 11.2. The minimum absolute atomic E-state index is 0.0835. The Bertz CT molecular complexity index is 385. The van der Waals surface area contributed by atoms with Gasteiger partial charge in [0.15, 0.2) is 5.82 Å². The fourth-order valence-electron chi connectivity index (χ4n) is 0.867. The summed E-state index contributed by atoms with van der Waals surface area (Å²) in [7, 11) is -1.57. The summed E-state index contributed by atoms with van der Waals surface area (Å²) < 4.78 is 26.2. The standard InChI is InChI=1S/C6H13N5O2S/c1-11-5-8-6(10-11)4-9-14(12,13)3-2-7/h5,9H,2-4,7H2,1H3. The maximum absolute atomic E-state index is 11.2. The molecule has 1 rings (SSSR count). The van der Waals surface area contributed by atoms with Gasteiger partial charge in [0.25, 0.3) is 0 Å². The number of aryl methyl sites for hydroxylation is 1. The quantitative estimate of drug-likeness (QED) is 0.607. The summed E-state index contributed by atoms with van der Waals surface area (Å²) in [5.74, 6) is 0.355. The van der Waals surface area contributed by atoms with E-state index in [0.29, 0.717) is 5.82 Å². The number of nitrogens with two attached hydrogens (primary N) is 1. The van der Waals surface area contributed by atoms with Crippen LogP contribution in [0.5, 0.6) is 0 Å². The average molecular weight is 219 g/mol. The Labute approximate surface area is 82.4 Å².